The number of rotatable bonds is 2. The van der Waals surface area contributed by atoms with Crippen molar-refractivity contribution in [3.05, 3.63) is 29.3 Å². The van der Waals surface area contributed by atoms with Crippen molar-refractivity contribution in [1.29, 1.82) is 0 Å². The fourth-order valence-electron chi connectivity index (χ4n) is 5.78. The van der Waals surface area contributed by atoms with E-state index < -0.39 is 0 Å². The van der Waals surface area contributed by atoms with Crippen LogP contribution in [0.2, 0.25) is 0 Å². The first-order valence-corrected chi connectivity index (χ1v) is 9.33. The zero-order valence-corrected chi connectivity index (χ0v) is 14.1. The lowest BCUT2D eigenvalue weighted by Crippen LogP contribution is -2.72. The average molecular weight is 313 g/mol. The fourth-order valence-corrected chi connectivity index (χ4v) is 5.78. The Labute approximate surface area is 138 Å². The van der Waals surface area contributed by atoms with Gasteiger partial charge in [0, 0.05) is 24.6 Å². The standard InChI is InChI=1S/C20H27NO2/c1-19-18-11-15-5-6-16(22)12-17(15)20(19,7-2-10-23-19)8-9-21(18)13-14-3-4-14/h5-6,12,14,18,22H,2-4,7-11,13H2,1H3/t18-,19-,20+/m1/s1. The molecule has 1 aromatic rings. The van der Waals surface area contributed by atoms with E-state index in [1.54, 1.807) is 0 Å². The number of hydrogen-bond acceptors (Lipinski definition) is 3. The predicted molar refractivity (Wildman–Crippen MR) is 89.8 cm³/mol. The highest BCUT2D eigenvalue weighted by atomic mass is 16.5. The number of likely N-dealkylation sites (tertiary alicyclic amines) is 1. The maximum atomic E-state index is 10.1. The summed E-state index contributed by atoms with van der Waals surface area (Å²) in [6.07, 6.45) is 7.41. The molecule has 2 aliphatic carbocycles. The minimum absolute atomic E-state index is 0.0980. The Morgan fingerprint density at radius 1 is 1.30 bits per heavy atom. The maximum absolute atomic E-state index is 10.1. The van der Waals surface area contributed by atoms with Gasteiger partial charge in [0.05, 0.1) is 5.60 Å². The van der Waals surface area contributed by atoms with Gasteiger partial charge in [0.25, 0.3) is 0 Å². The van der Waals surface area contributed by atoms with Crippen LogP contribution in [0.25, 0.3) is 0 Å². The maximum Gasteiger partial charge on any atom is 0.115 e. The molecule has 3 nitrogen and oxygen atoms in total. The first-order valence-electron chi connectivity index (χ1n) is 9.33. The van der Waals surface area contributed by atoms with Crippen molar-refractivity contribution < 1.29 is 9.84 Å². The quantitative estimate of drug-likeness (QED) is 0.910. The molecule has 0 unspecified atom stereocenters. The van der Waals surface area contributed by atoms with Gasteiger partial charge in [-0.3, -0.25) is 4.90 Å². The topological polar surface area (TPSA) is 32.7 Å². The minimum Gasteiger partial charge on any atom is -0.508 e. The van der Waals surface area contributed by atoms with E-state index in [1.807, 2.05) is 12.1 Å². The molecule has 0 aromatic heterocycles. The highest BCUT2D eigenvalue weighted by molar-refractivity contribution is 5.47. The van der Waals surface area contributed by atoms with E-state index in [9.17, 15) is 5.11 Å². The van der Waals surface area contributed by atoms with Gasteiger partial charge in [-0.05, 0) is 81.2 Å². The third-order valence-corrected chi connectivity index (χ3v) is 7.21. The van der Waals surface area contributed by atoms with Gasteiger partial charge in [-0.1, -0.05) is 6.07 Å². The summed E-state index contributed by atoms with van der Waals surface area (Å²) < 4.78 is 6.53. The molecule has 2 saturated heterocycles. The van der Waals surface area contributed by atoms with E-state index in [0.29, 0.717) is 11.8 Å². The second kappa shape index (κ2) is 4.73. The van der Waals surface area contributed by atoms with Crippen LogP contribution in [0.1, 0.15) is 50.2 Å². The Bertz CT molecular complexity index is 641. The first kappa shape index (κ1) is 14.3. The molecule has 23 heavy (non-hydrogen) atoms. The van der Waals surface area contributed by atoms with Crippen molar-refractivity contribution in [2.45, 2.75) is 62.5 Å². The number of hydrogen-bond donors (Lipinski definition) is 1. The number of phenols is 1. The van der Waals surface area contributed by atoms with E-state index in [-0.39, 0.29) is 11.0 Å². The van der Waals surface area contributed by atoms with E-state index in [2.05, 4.69) is 17.9 Å². The Hall–Kier alpha value is -1.06. The van der Waals surface area contributed by atoms with Crippen LogP contribution in [0.5, 0.6) is 5.75 Å². The van der Waals surface area contributed by atoms with Crippen LogP contribution in [-0.2, 0) is 16.6 Å². The molecule has 124 valence electrons. The summed E-state index contributed by atoms with van der Waals surface area (Å²) >= 11 is 0. The lowest BCUT2D eigenvalue weighted by molar-refractivity contribution is -0.197. The summed E-state index contributed by atoms with van der Waals surface area (Å²) in [7, 11) is 0. The van der Waals surface area contributed by atoms with Crippen LogP contribution in [0.3, 0.4) is 0 Å². The van der Waals surface area contributed by atoms with Crippen LogP contribution in [-0.4, -0.2) is 41.3 Å². The number of piperidine rings is 1. The Kier molecular flexibility index (Phi) is 2.94. The molecule has 0 radical (unpaired) electrons. The molecule has 0 spiro atoms. The fraction of sp³-hybridized carbons (Fsp3) is 0.700. The summed E-state index contributed by atoms with van der Waals surface area (Å²) in [4.78, 5) is 2.73. The number of phenolic OH excluding ortho intramolecular Hbond substituents is 1. The molecule has 3 heteroatoms. The van der Waals surface area contributed by atoms with Crippen LogP contribution in [0, 0.1) is 5.92 Å². The molecule has 2 aliphatic heterocycles. The van der Waals surface area contributed by atoms with Gasteiger partial charge in [-0.25, -0.2) is 0 Å². The van der Waals surface area contributed by atoms with Crippen molar-refractivity contribution in [2.24, 2.45) is 5.92 Å². The molecule has 4 aliphatic rings. The zero-order valence-electron chi connectivity index (χ0n) is 14.1. The van der Waals surface area contributed by atoms with E-state index in [1.165, 1.54) is 49.9 Å². The van der Waals surface area contributed by atoms with Crippen molar-refractivity contribution in [1.82, 2.24) is 4.90 Å². The average Bonchev–Trinajstić information content (AvgIpc) is 3.34. The van der Waals surface area contributed by atoms with Gasteiger partial charge in [0.15, 0.2) is 0 Å². The SMILES string of the molecule is C[C@]12OCCC[C@@]13CCN(CC1CC1)[C@@H]2Cc1ccc(O)cc13. The normalized spacial score (nSPS) is 39.6. The molecule has 1 saturated carbocycles. The van der Waals surface area contributed by atoms with Gasteiger partial charge in [0.2, 0.25) is 0 Å². The Morgan fingerprint density at radius 2 is 2.17 bits per heavy atom. The van der Waals surface area contributed by atoms with Gasteiger partial charge < -0.3 is 9.84 Å². The molecule has 3 atom stereocenters. The van der Waals surface area contributed by atoms with Gasteiger partial charge in [-0.15, -0.1) is 0 Å². The lowest BCUT2D eigenvalue weighted by Gasteiger charge is -2.64. The predicted octanol–water partition coefficient (Wildman–Crippen LogP) is 3.24. The minimum atomic E-state index is -0.0980. The molecule has 5 rings (SSSR count). The third-order valence-electron chi connectivity index (χ3n) is 7.21. The van der Waals surface area contributed by atoms with Crippen molar-refractivity contribution in [2.75, 3.05) is 19.7 Å². The van der Waals surface area contributed by atoms with Crippen LogP contribution in [0.4, 0.5) is 0 Å². The molecule has 0 amide bonds. The van der Waals surface area contributed by atoms with Gasteiger partial charge >= 0.3 is 0 Å². The smallest absolute Gasteiger partial charge is 0.115 e. The lowest BCUT2D eigenvalue weighted by atomic mass is 9.52. The summed E-state index contributed by atoms with van der Waals surface area (Å²) in [5, 5.41) is 10.1. The largest absolute Gasteiger partial charge is 0.508 e. The third kappa shape index (κ3) is 1.90. The van der Waals surface area contributed by atoms with E-state index in [0.717, 1.165) is 25.4 Å². The van der Waals surface area contributed by atoms with Crippen LogP contribution >= 0.6 is 0 Å². The number of aromatic hydroxyl groups is 1. The van der Waals surface area contributed by atoms with Crippen LogP contribution in [0.15, 0.2) is 18.2 Å². The summed E-state index contributed by atoms with van der Waals surface area (Å²) in [6.45, 7) is 5.70. The first-order chi connectivity index (χ1) is 11.1. The highest BCUT2D eigenvalue weighted by Gasteiger charge is 2.62. The second-order valence-corrected chi connectivity index (χ2v) is 8.39. The monoisotopic (exact) mass is 313 g/mol. The van der Waals surface area contributed by atoms with Gasteiger partial charge in [0.1, 0.15) is 5.75 Å². The second-order valence-electron chi connectivity index (χ2n) is 8.39. The molecule has 2 bridgehead atoms. The van der Waals surface area contributed by atoms with Gasteiger partial charge in [-0.2, -0.15) is 0 Å². The van der Waals surface area contributed by atoms with Crippen molar-refractivity contribution in [3.8, 4) is 5.75 Å². The number of fused-ring (bicyclic) bond motifs is 1. The zero-order chi connectivity index (χ0) is 15.7. The number of nitrogens with zero attached hydrogens (tertiary/aromatic N) is 1. The van der Waals surface area contributed by atoms with Crippen molar-refractivity contribution >= 4 is 0 Å². The summed E-state index contributed by atoms with van der Waals surface area (Å²) in [5.41, 5.74) is 2.82. The Morgan fingerprint density at radius 3 is 3.00 bits per heavy atom. The van der Waals surface area contributed by atoms with Crippen molar-refractivity contribution in [3.63, 3.8) is 0 Å². The Balaban J connectivity index is 1.64. The summed E-state index contributed by atoms with van der Waals surface area (Å²) in [5.74, 6) is 1.33. The molecule has 2 heterocycles. The van der Waals surface area contributed by atoms with E-state index in [4.69, 9.17) is 4.74 Å². The van der Waals surface area contributed by atoms with Crippen LogP contribution < -0.4 is 0 Å². The van der Waals surface area contributed by atoms with E-state index >= 15 is 0 Å². The molecular formula is C20H27NO2. The molecular weight excluding hydrogens is 286 g/mol. The highest BCUT2D eigenvalue weighted by Crippen LogP contribution is 2.58. The summed E-state index contributed by atoms with van der Waals surface area (Å²) in [6, 6.07) is 6.56. The number of benzene rings is 1. The molecule has 1 aromatic carbocycles. The molecule has 1 N–H and O–H groups in total. The molecule has 3 fully saturated rings. The number of ether oxygens (including phenoxy) is 1.